The molecule has 1 fully saturated rings. The van der Waals surface area contributed by atoms with Gasteiger partial charge in [0.1, 0.15) is 12.1 Å². The van der Waals surface area contributed by atoms with Gasteiger partial charge in [-0.3, -0.25) is 10.2 Å². The van der Waals surface area contributed by atoms with Gasteiger partial charge < -0.3 is 9.57 Å². The van der Waals surface area contributed by atoms with Crippen LogP contribution in [0.2, 0.25) is 0 Å². The van der Waals surface area contributed by atoms with E-state index in [0.29, 0.717) is 42.1 Å². The van der Waals surface area contributed by atoms with E-state index in [0.717, 1.165) is 23.5 Å². The first kappa shape index (κ1) is 23.1. The van der Waals surface area contributed by atoms with E-state index in [2.05, 4.69) is 20.3 Å². The summed E-state index contributed by atoms with van der Waals surface area (Å²) < 4.78 is 57.3. The van der Waals surface area contributed by atoms with Crippen molar-refractivity contribution < 1.29 is 31.9 Å². The van der Waals surface area contributed by atoms with Gasteiger partial charge in [-0.05, 0) is 17.7 Å². The van der Waals surface area contributed by atoms with E-state index in [9.17, 15) is 22.4 Å². The van der Waals surface area contributed by atoms with Crippen molar-refractivity contribution in [2.24, 2.45) is 0 Å². The number of carbonyl (C=O) groups is 1. The van der Waals surface area contributed by atoms with Crippen molar-refractivity contribution in [1.82, 2.24) is 24.9 Å². The predicted octanol–water partition coefficient (Wildman–Crippen LogP) is 3.53. The van der Waals surface area contributed by atoms with Gasteiger partial charge in [-0.25, -0.2) is 19.2 Å². The van der Waals surface area contributed by atoms with Crippen molar-refractivity contribution in [1.29, 1.82) is 0 Å². The van der Waals surface area contributed by atoms with Crippen LogP contribution in [-0.2, 0) is 17.6 Å². The van der Waals surface area contributed by atoms with Gasteiger partial charge in [-0.15, -0.1) is 5.06 Å². The molecule has 0 bridgehead atoms. The summed E-state index contributed by atoms with van der Waals surface area (Å²) in [6.07, 6.45) is -4.15. The quantitative estimate of drug-likeness (QED) is 0.548. The third-order valence-electron chi connectivity index (χ3n) is 4.85. The minimum Gasteiger partial charge on any atom is -0.479 e. The van der Waals surface area contributed by atoms with E-state index in [1.54, 1.807) is 0 Å². The molecule has 1 saturated heterocycles. The van der Waals surface area contributed by atoms with Gasteiger partial charge in [0.25, 0.3) is 0 Å². The molecule has 1 aliphatic heterocycles. The van der Waals surface area contributed by atoms with Crippen LogP contribution in [0.1, 0.15) is 11.1 Å². The number of piperazine rings is 1. The standard InChI is InChI=1S/C19H18F4N6O3S/c1-31-15-14-16(25-10-24-15)33-17(26-14)27-18(30)32-29-6-4-28(5-7-29)9-11-2-3-13(20)12(8-11)19(21,22)23/h2-3,8,10H,4-7,9H2,1H3,(H,26,27,30). The molecule has 33 heavy (non-hydrogen) atoms. The second kappa shape index (κ2) is 9.41. The van der Waals surface area contributed by atoms with Crippen LogP contribution in [0.15, 0.2) is 24.5 Å². The number of thiazole rings is 1. The molecule has 1 amide bonds. The molecule has 1 N–H and O–H groups in total. The first-order valence-electron chi connectivity index (χ1n) is 9.70. The summed E-state index contributed by atoms with van der Waals surface area (Å²) in [4.78, 5) is 32.2. The number of aromatic nitrogens is 3. The summed E-state index contributed by atoms with van der Waals surface area (Å²) >= 11 is 1.13. The van der Waals surface area contributed by atoms with Gasteiger partial charge in [-0.1, -0.05) is 17.4 Å². The zero-order chi connectivity index (χ0) is 23.6. The van der Waals surface area contributed by atoms with Crippen molar-refractivity contribution in [3.05, 3.63) is 41.5 Å². The number of benzene rings is 1. The molecule has 0 atom stereocenters. The van der Waals surface area contributed by atoms with Gasteiger partial charge in [0, 0.05) is 32.7 Å². The Balaban J connectivity index is 1.29. The SMILES string of the molecule is COc1ncnc2sc(NC(=O)ON3CCN(Cc4ccc(F)c(C(F)(F)F)c4)CC3)nc12. The molecule has 14 heteroatoms. The highest BCUT2D eigenvalue weighted by Crippen LogP contribution is 2.32. The van der Waals surface area contributed by atoms with Crippen LogP contribution in [0.5, 0.6) is 5.88 Å². The number of amides is 1. The maximum absolute atomic E-state index is 13.5. The predicted molar refractivity (Wildman–Crippen MR) is 110 cm³/mol. The van der Waals surface area contributed by atoms with Crippen molar-refractivity contribution >= 4 is 32.9 Å². The topological polar surface area (TPSA) is 92.7 Å². The number of hydrogen-bond donors (Lipinski definition) is 1. The number of halogens is 4. The minimum atomic E-state index is -4.75. The third kappa shape index (κ3) is 5.46. The van der Waals surface area contributed by atoms with Crippen molar-refractivity contribution in [3.63, 3.8) is 0 Å². The Morgan fingerprint density at radius 2 is 1.97 bits per heavy atom. The van der Waals surface area contributed by atoms with Gasteiger partial charge in [0.05, 0.1) is 12.7 Å². The molecule has 176 valence electrons. The van der Waals surface area contributed by atoms with Crippen molar-refractivity contribution in [3.8, 4) is 5.88 Å². The highest BCUT2D eigenvalue weighted by atomic mass is 32.1. The summed E-state index contributed by atoms with van der Waals surface area (Å²) in [5.41, 5.74) is -0.509. The van der Waals surface area contributed by atoms with Crippen LogP contribution >= 0.6 is 11.3 Å². The van der Waals surface area contributed by atoms with E-state index in [-0.39, 0.29) is 17.6 Å². The summed E-state index contributed by atoms with van der Waals surface area (Å²) in [5.74, 6) is -1.01. The number of nitrogens with one attached hydrogen (secondary N) is 1. The molecule has 4 rings (SSSR count). The smallest absolute Gasteiger partial charge is 0.432 e. The first-order chi connectivity index (χ1) is 15.7. The Morgan fingerprint density at radius 1 is 1.21 bits per heavy atom. The van der Waals surface area contributed by atoms with Crippen molar-refractivity contribution in [2.75, 3.05) is 38.6 Å². The lowest BCUT2D eigenvalue weighted by Gasteiger charge is -2.33. The molecule has 9 nitrogen and oxygen atoms in total. The van der Waals surface area contributed by atoms with E-state index < -0.39 is 23.7 Å². The molecule has 0 aliphatic carbocycles. The molecule has 0 unspecified atom stereocenters. The number of fused-ring (bicyclic) bond motifs is 1. The highest BCUT2D eigenvalue weighted by molar-refractivity contribution is 7.22. The van der Waals surface area contributed by atoms with Crippen LogP contribution in [0, 0.1) is 5.82 Å². The van der Waals surface area contributed by atoms with Gasteiger partial charge in [0.2, 0.25) is 5.88 Å². The third-order valence-corrected chi connectivity index (χ3v) is 5.73. The number of carbonyl (C=O) groups excluding carboxylic acids is 1. The zero-order valence-electron chi connectivity index (χ0n) is 17.2. The second-order valence-corrected chi connectivity index (χ2v) is 8.05. The fraction of sp³-hybridized carbons (Fsp3) is 0.368. The number of ether oxygens (including phenoxy) is 1. The molecule has 3 aromatic rings. The van der Waals surface area contributed by atoms with Gasteiger partial charge in [0.15, 0.2) is 15.5 Å². The summed E-state index contributed by atoms with van der Waals surface area (Å²) in [6, 6.07) is 2.98. The largest absolute Gasteiger partial charge is 0.479 e. The highest BCUT2D eigenvalue weighted by Gasteiger charge is 2.34. The Labute approximate surface area is 188 Å². The number of nitrogens with zero attached hydrogens (tertiary/aromatic N) is 5. The van der Waals surface area contributed by atoms with E-state index in [1.165, 1.54) is 24.6 Å². The lowest BCUT2D eigenvalue weighted by atomic mass is 10.1. The van der Waals surface area contributed by atoms with E-state index in [4.69, 9.17) is 9.57 Å². The normalized spacial score (nSPS) is 15.5. The second-order valence-electron chi connectivity index (χ2n) is 7.08. The molecule has 0 spiro atoms. The minimum absolute atomic E-state index is 0.220. The zero-order valence-corrected chi connectivity index (χ0v) is 18.0. The maximum atomic E-state index is 13.5. The van der Waals surface area contributed by atoms with Crippen LogP contribution in [0.25, 0.3) is 10.3 Å². The lowest BCUT2D eigenvalue weighted by Crippen LogP contribution is -2.46. The Bertz CT molecular complexity index is 1150. The Morgan fingerprint density at radius 3 is 2.67 bits per heavy atom. The molecule has 0 radical (unpaired) electrons. The number of rotatable bonds is 5. The maximum Gasteiger partial charge on any atom is 0.432 e. The number of hydrogen-bond acceptors (Lipinski definition) is 9. The molecular weight excluding hydrogens is 468 g/mol. The molecular formula is C19H18F4N6O3S. The number of methoxy groups -OCH3 is 1. The summed E-state index contributed by atoms with van der Waals surface area (Å²) in [5, 5.41) is 4.25. The summed E-state index contributed by atoms with van der Waals surface area (Å²) in [6.45, 7) is 1.80. The average molecular weight is 486 g/mol. The number of hydroxylamine groups is 2. The molecule has 2 aromatic heterocycles. The molecule has 0 saturated carbocycles. The van der Waals surface area contributed by atoms with E-state index in [1.807, 2.05) is 4.90 Å². The molecule has 1 aromatic carbocycles. The van der Waals surface area contributed by atoms with Crippen LogP contribution in [0.3, 0.4) is 0 Å². The Kier molecular flexibility index (Phi) is 6.58. The van der Waals surface area contributed by atoms with Gasteiger partial charge in [-0.2, -0.15) is 18.2 Å². The fourth-order valence-electron chi connectivity index (χ4n) is 3.29. The van der Waals surface area contributed by atoms with Gasteiger partial charge >= 0.3 is 12.3 Å². The first-order valence-corrected chi connectivity index (χ1v) is 10.5. The van der Waals surface area contributed by atoms with Crippen LogP contribution < -0.4 is 10.1 Å². The molecule has 3 heterocycles. The summed E-state index contributed by atoms with van der Waals surface area (Å²) in [7, 11) is 1.45. The Hall–Kier alpha value is -3.10. The van der Waals surface area contributed by atoms with Crippen molar-refractivity contribution in [2.45, 2.75) is 12.7 Å². The number of anilines is 1. The average Bonchev–Trinajstić information content (AvgIpc) is 3.18. The van der Waals surface area contributed by atoms with Crippen LogP contribution in [-0.4, -0.2) is 64.3 Å². The van der Waals surface area contributed by atoms with E-state index >= 15 is 0 Å². The lowest BCUT2D eigenvalue weighted by molar-refractivity contribution is -0.140. The monoisotopic (exact) mass is 486 g/mol. The number of alkyl halides is 3. The van der Waals surface area contributed by atoms with Crippen LogP contribution in [0.4, 0.5) is 27.5 Å². The molecule has 1 aliphatic rings. The fourth-order valence-corrected chi connectivity index (χ4v) is 4.07.